The molecule has 0 aromatic heterocycles. The van der Waals surface area contributed by atoms with Crippen molar-refractivity contribution in [3.05, 3.63) is 84.0 Å². The Balaban J connectivity index is 0.000000142. The van der Waals surface area contributed by atoms with E-state index in [2.05, 4.69) is 48.5 Å². The van der Waals surface area contributed by atoms with Crippen LogP contribution in [0.25, 0.3) is 11.1 Å². The summed E-state index contributed by atoms with van der Waals surface area (Å²) in [5.41, 5.74) is 5.68. The van der Waals surface area contributed by atoms with Gasteiger partial charge in [0.2, 0.25) is 0 Å². The Labute approximate surface area is 132 Å². The van der Waals surface area contributed by atoms with Crippen LogP contribution in [0.5, 0.6) is 0 Å². The van der Waals surface area contributed by atoms with Crippen molar-refractivity contribution < 1.29 is 5.11 Å². The van der Waals surface area contributed by atoms with Gasteiger partial charge in [0, 0.05) is 5.41 Å². The maximum absolute atomic E-state index is 9.30. The van der Waals surface area contributed by atoms with Gasteiger partial charge in [0.1, 0.15) is 0 Å². The minimum Gasteiger partial charge on any atom is -0.388 e. The van der Waals surface area contributed by atoms with Gasteiger partial charge in [-0.3, -0.25) is 0 Å². The molecular weight excluding hydrogens is 268 g/mol. The maximum Gasteiger partial charge on any atom is 0.0809 e. The van der Waals surface area contributed by atoms with Crippen molar-refractivity contribution in [1.29, 1.82) is 0 Å². The number of aliphatic hydroxyl groups excluding tert-OH is 1. The number of hydrogen-bond donors (Lipinski definition) is 1. The molecule has 0 bridgehead atoms. The minimum absolute atomic E-state index is 0.0747. The van der Waals surface area contributed by atoms with Crippen LogP contribution < -0.4 is 0 Å². The van der Waals surface area contributed by atoms with Crippen LogP contribution in [0, 0.1) is 5.41 Å². The Bertz CT molecular complexity index is 679. The van der Waals surface area contributed by atoms with E-state index >= 15 is 0 Å². The maximum atomic E-state index is 9.30. The van der Waals surface area contributed by atoms with Gasteiger partial charge >= 0.3 is 0 Å². The molecule has 2 aromatic rings. The largest absolute Gasteiger partial charge is 0.388 e. The van der Waals surface area contributed by atoms with Crippen LogP contribution in [0.2, 0.25) is 0 Å². The summed E-state index contributed by atoms with van der Waals surface area (Å²) >= 11 is 0. The number of aliphatic hydroxyl groups is 1. The van der Waals surface area contributed by atoms with E-state index in [4.69, 9.17) is 0 Å². The molecule has 0 spiro atoms. The fourth-order valence-electron chi connectivity index (χ4n) is 2.90. The molecule has 2 aliphatic carbocycles. The highest BCUT2D eigenvalue weighted by Gasteiger charge is 2.23. The van der Waals surface area contributed by atoms with Gasteiger partial charge in [-0.1, -0.05) is 86.7 Å². The predicted molar refractivity (Wildman–Crippen MR) is 92.8 cm³/mol. The van der Waals surface area contributed by atoms with Gasteiger partial charge in [-0.25, -0.2) is 0 Å². The van der Waals surface area contributed by atoms with Crippen molar-refractivity contribution in [2.75, 3.05) is 0 Å². The van der Waals surface area contributed by atoms with E-state index in [1.54, 1.807) is 6.08 Å². The van der Waals surface area contributed by atoms with E-state index < -0.39 is 0 Å². The van der Waals surface area contributed by atoms with Gasteiger partial charge in [0.15, 0.2) is 0 Å². The molecule has 1 unspecified atom stereocenters. The number of hydrogen-bond acceptors (Lipinski definition) is 1. The van der Waals surface area contributed by atoms with Gasteiger partial charge in [-0.2, -0.15) is 0 Å². The first kappa shape index (κ1) is 14.8. The standard InChI is InChI=1S/C13H10.C8H12O/c1-3-7-12-10(5-1)9-11-6-2-4-8-13(11)12;1-8(2)6-4-3-5-7(8)9/h1-8H,9H2;3-7,9H,1-2H3. The molecule has 1 atom stereocenters. The third-order valence-corrected chi connectivity index (χ3v) is 4.40. The van der Waals surface area contributed by atoms with Crippen LogP contribution in [0.4, 0.5) is 0 Å². The predicted octanol–water partition coefficient (Wildman–Crippen LogP) is 4.76. The van der Waals surface area contributed by atoms with Gasteiger partial charge in [0.05, 0.1) is 6.10 Å². The second kappa shape index (κ2) is 5.94. The molecule has 22 heavy (non-hydrogen) atoms. The summed E-state index contributed by atoms with van der Waals surface area (Å²) in [6, 6.07) is 17.3. The molecule has 0 aliphatic heterocycles. The van der Waals surface area contributed by atoms with Gasteiger partial charge in [-0.15, -0.1) is 0 Å². The summed E-state index contributed by atoms with van der Waals surface area (Å²) in [7, 11) is 0. The van der Waals surface area contributed by atoms with Crippen LogP contribution in [0.3, 0.4) is 0 Å². The summed E-state index contributed by atoms with van der Waals surface area (Å²) in [6.07, 6.45) is 8.44. The summed E-state index contributed by atoms with van der Waals surface area (Å²) in [5, 5.41) is 9.30. The lowest BCUT2D eigenvalue weighted by atomic mass is 9.83. The summed E-state index contributed by atoms with van der Waals surface area (Å²) < 4.78 is 0. The van der Waals surface area contributed by atoms with E-state index in [-0.39, 0.29) is 11.5 Å². The van der Waals surface area contributed by atoms with E-state index in [1.165, 1.54) is 22.3 Å². The highest BCUT2D eigenvalue weighted by molar-refractivity contribution is 5.76. The molecule has 2 aliphatic rings. The molecule has 1 nitrogen and oxygen atoms in total. The Morgan fingerprint density at radius 1 is 0.864 bits per heavy atom. The van der Waals surface area contributed by atoms with Crippen LogP contribution in [-0.2, 0) is 6.42 Å². The zero-order valence-electron chi connectivity index (χ0n) is 13.2. The van der Waals surface area contributed by atoms with E-state index in [0.717, 1.165) is 6.42 Å². The van der Waals surface area contributed by atoms with Crippen LogP contribution in [0.15, 0.2) is 72.8 Å². The smallest absolute Gasteiger partial charge is 0.0809 e. The zero-order chi connectivity index (χ0) is 15.6. The molecular formula is C21H22O. The molecule has 4 rings (SSSR count). The van der Waals surface area contributed by atoms with Gasteiger partial charge < -0.3 is 5.11 Å². The highest BCUT2D eigenvalue weighted by atomic mass is 16.3. The van der Waals surface area contributed by atoms with Crippen LogP contribution >= 0.6 is 0 Å². The number of fused-ring (bicyclic) bond motifs is 3. The molecule has 0 saturated carbocycles. The van der Waals surface area contributed by atoms with Crippen LogP contribution in [-0.4, -0.2) is 11.2 Å². The van der Waals surface area contributed by atoms with Crippen molar-refractivity contribution in [1.82, 2.24) is 0 Å². The number of benzene rings is 2. The Hall–Kier alpha value is -2.12. The number of rotatable bonds is 0. The van der Waals surface area contributed by atoms with Crippen molar-refractivity contribution >= 4 is 0 Å². The topological polar surface area (TPSA) is 20.2 Å². The molecule has 0 radical (unpaired) electrons. The average Bonchev–Trinajstić information content (AvgIpc) is 2.90. The average molecular weight is 290 g/mol. The quantitative estimate of drug-likeness (QED) is 0.633. The first-order chi connectivity index (χ1) is 10.6. The fraction of sp³-hybridized carbons (Fsp3) is 0.238. The molecule has 0 amide bonds. The minimum atomic E-state index is -0.317. The second-order valence-electron chi connectivity index (χ2n) is 6.50. The van der Waals surface area contributed by atoms with Crippen molar-refractivity contribution in [2.24, 2.45) is 5.41 Å². The van der Waals surface area contributed by atoms with Crippen molar-refractivity contribution in [3.8, 4) is 11.1 Å². The second-order valence-corrected chi connectivity index (χ2v) is 6.50. The van der Waals surface area contributed by atoms with Crippen molar-refractivity contribution in [2.45, 2.75) is 26.4 Å². The Morgan fingerprint density at radius 2 is 1.41 bits per heavy atom. The van der Waals surface area contributed by atoms with E-state index in [9.17, 15) is 5.11 Å². The summed E-state index contributed by atoms with van der Waals surface area (Å²) in [6.45, 7) is 4.02. The third kappa shape index (κ3) is 2.90. The molecule has 1 heteroatoms. The highest BCUT2D eigenvalue weighted by Crippen LogP contribution is 2.35. The summed E-state index contributed by atoms with van der Waals surface area (Å²) in [5.74, 6) is 0. The molecule has 112 valence electrons. The molecule has 0 saturated heterocycles. The van der Waals surface area contributed by atoms with Crippen LogP contribution in [0.1, 0.15) is 25.0 Å². The van der Waals surface area contributed by atoms with Gasteiger partial charge in [0.25, 0.3) is 0 Å². The normalized spacial score (nSPS) is 19.9. The Morgan fingerprint density at radius 3 is 1.86 bits per heavy atom. The lowest BCUT2D eigenvalue weighted by molar-refractivity contribution is 0.124. The lowest BCUT2D eigenvalue weighted by Crippen LogP contribution is -2.26. The van der Waals surface area contributed by atoms with E-state index in [0.29, 0.717) is 0 Å². The lowest BCUT2D eigenvalue weighted by Gasteiger charge is -2.26. The summed E-state index contributed by atoms with van der Waals surface area (Å²) in [4.78, 5) is 0. The third-order valence-electron chi connectivity index (χ3n) is 4.40. The molecule has 0 heterocycles. The molecule has 1 N–H and O–H groups in total. The molecule has 0 fully saturated rings. The monoisotopic (exact) mass is 290 g/mol. The van der Waals surface area contributed by atoms with Gasteiger partial charge in [-0.05, 0) is 28.7 Å². The van der Waals surface area contributed by atoms with E-state index in [1.807, 2.05) is 32.1 Å². The first-order valence-corrected chi connectivity index (χ1v) is 7.78. The number of allylic oxidation sites excluding steroid dienone is 2. The van der Waals surface area contributed by atoms with Crippen molar-refractivity contribution in [3.63, 3.8) is 0 Å². The molecule has 2 aromatic carbocycles. The fourth-order valence-corrected chi connectivity index (χ4v) is 2.90. The zero-order valence-corrected chi connectivity index (χ0v) is 13.2. The first-order valence-electron chi connectivity index (χ1n) is 7.78. The SMILES string of the molecule is CC1(C)C=CC=CC1O.c1ccc2c(c1)Cc1ccccc1-2. The Kier molecular flexibility index (Phi) is 4.00.